The zero-order valence-corrected chi connectivity index (χ0v) is 21.6. The molecule has 1 aromatic carbocycles. The van der Waals surface area contributed by atoms with Crippen molar-refractivity contribution >= 4 is 29.9 Å². The summed E-state index contributed by atoms with van der Waals surface area (Å²) in [6, 6.07) is 6.90. The fraction of sp³-hybridized carbons (Fsp3) is 0.609. The fourth-order valence-corrected chi connectivity index (χ4v) is 4.47. The number of morpholine rings is 1. The summed E-state index contributed by atoms with van der Waals surface area (Å²) in [5.74, 6) is 2.70. The molecule has 182 valence electrons. The molecule has 0 bridgehead atoms. The average molecular weight is 571 g/mol. The Morgan fingerprint density at radius 3 is 2.64 bits per heavy atom. The Morgan fingerprint density at radius 2 is 1.88 bits per heavy atom. The molecule has 1 aromatic heterocycles. The number of nitrogens with one attached hydrogen (secondary N) is 2. The van der Waals surface area contributed by atoms with E-state index in [1.165, 1.54) is 31.4 Å². The fourth-order valence-electron chi connectivity index (χ4n) is 4.47. The molecule has 0 amide bonds. The van der Waals surface area contributed by atoms with Crippen molar-refractivity contribution in [3.63, 3.8) is 0 Å². The first-order valence-electron chi connectivity index (χ1n) is 11.7. The van der Waals surface area contributed by atoms with Gasteiger partial charge in [0.25, 0.3) is 0 Å². The van der Waals surface area contributed by atoms with Gasteiger partial charge in [-0.2, -0.15) is 0 Å². The van der Waals surface area contributed by atoms with Gasteiger partial charge < -0.3 is 19.9 Å². The normalized spacial score (nSPS) is 18.1. The van der Waals surface area contributed by atoms with Crippen LogP contribution in [0, 0.1) is 5.82 Å². The van der Waals surface area contributed by atoms with E-state index in [9.17, 15) is 4.39 Å². The molecular formula is C23H35FIN7O. The number of ether oxygens (including phenoxy) is 1. The maximum absolute atomic E-state index is 13.5. The second-order valence-electron chi connectivity index (χ2n) is 8.34. The SMILES string of the molecule is CN=C(NCCc1nnc2n1CCCCC2)NCC(c1ccc(F)cc1)N1CCOCC1.I. The van der Waals surface area contributed by atoms with Gasteiger partial charge in [-0.05, 0) is 30.5 Å². The minimum atomic E-state index is -0.216. The number of guanidine groups is 1. The second-order valence-corrected chi connectivity index (χ2v) is 8.34. The van der Waals surface area contributed by atoms with Crippen molar-refractivity contribution in [2.24, 2.45) is 4.99 Å². The van der Waals surface area contributed by atoms with Crippen LogP contribution in [0.3, 0.4) is 0 Å². The van der Waals surface area contributed by atoms with Crippen LogP contribution in [0.5, 0.6) is 0 Å². The smallest absolute Gasteiger partial charge is 0.191 e. The molecule has 2 aliphatic rings. The molecule has 2 N–H and O–H groups in total. The predicted molar refractivity (Wildman–Crippen MR) is 138 cm³/mol. The Bertz CT molecular complexity index is 883. The Morgan fingerprint density at radius 1 is 1.09 bits per heavy atom. The minimum absolute atomic E-state index is 0. The van der Waals surface area contributed by atoms with Gasteiger partial charge in [0, 0.05) is 52.6 Å². The molecule has 8 nitrogen and oxygen atoms in total. The van der Waals surface area contributed by atoms with Gasteiger partial charge in [0.05, 0.1) is 19.3 Å². The average Bonchev–Trinajstić information content (AvgIpc) is 3.05. The van der Waals surface area contributed by atoms with E-state index in [1.54, 1.807) is 7.05 Å². The lowest BCUT2D eigenvalue weighted by Crippen LogP contribution is -2.46. The molecule has 0 spiro atoms. The van der Waals surface area contributed by atoms with Gasteiger partial charge in [-0.25, -0.2) is 4.39 Å². The molecule has 3 heterocycles. The van der Waals surface area contributed by atoms with Crippen LogP contribution < -0.4 is 10.6 Å². The quantitative estimate of drug-likeness (QED) is 0.302. The maximum atomic E-state index is 13.5. The molecule has 10 heteroatoms. The van der Waals surface area contributed by atoms with Gasteiger partial charge >= 0.3 is 0 Å². The molecule has 0 aliphatic carbocycles. The molecule has 1 atom stereocenters. The first-order chi connectivity index (χ1) is 15.7. The standard InChI is InChI=1S/C23H34FN7O.HI/c1-25-23(26-11-10-22-29-28-21-5-3-2-4-12-31(21)22)27-17-20(30-13-15-32-16-14-30)18-6-8-19(24)9-7-18;/h6-9,20H,2-5,10-17H2,1H3,(H2,25,26,27);1H. The molecule has 1 unspecified atom stereocenters. The van der Waals surface area contributed by atoms with Gasteiger partial charge in [0.2, 0.25) is 0 Å². The molecule has 2 aromatic rings. The van der Waals surface area contributed by atoms with E-state index in [0.29, 0.717) is 19.8 Å². The van der Waals surface area contributed by atoms with Crippen molar-refractivity contribution in [2.45, 2.75) is 44.7 Å². The third kappa shape index (κ3) is 7.10. The highest BCUT2D eigenvalue weighted by atomic mass is 127. The van der Waals surface area contributed by atoms with Crippen LogP contribution in [0.4, 0.5) is 4.39 Å². The molecule has 4 rings (SSSR count). The van der Waals surface area contributed by atoms with E-state index in [4.69, 9.17) is 4.74 Å². The number of aryl methyl sites for hydroxylation is 1. The summed E-state index contributed by atoms with van der Waals surface area (Å²) in [5, 5.41) is 15.6. The largest absolute Gasteiger partial charge is 0.379 e. The number of hydrogen-bond acceptors (Lipinski definition) is 5. The lowest BCUT2D eigenvalue weighted by Gasteiger charge is -2.35. The van der Waals surface area contributed by atoms with Gasteiger partial charge in [0.1, 0.15) is 17.5 Å². The Labute approximate surface area is 212 Å². The molecule has 0 saturated carbocycles. The minimum Gasteiger partial charge on any atom is -0.379 e. The van der Waals surface area contributed by atoms with Crippen LogP contribution in [0.25, 0.3) is 0 Å². The Hall–Kier alpha value is -1.79. The Kier molecular flexibility index (Phi) is 10.3. The molecule has 0 radical (unpaired) electrons. The van der Waals surface area contributed by atoms with Crippen LogP contribution in [0.15, 0.2) is 29.3 Å². The van der Waals surface area contributed by atoms with Crippen molar-refractivity contribution < 1.29 is 9.13 Å². The van der Waals surface area contributed by atoms with Crippen molar-refractivity contribution in [1.29, 1.82) is 0 Å². The van der Waals surface area contributed by atoms with Crippen LogP contribution in [-0.2, 0) is 24.1 Å². The lowest BCUT2D eigenvalue weighted by atomic mass is 10.0. The maximum Gasteiger partial charge on any atom is 0.191 e. The zero-order chi connectivity index (χ0) is 22.2. The summed E-state index contributed by atoms with van der Waals surface area (Å²) in [6.45, 7) is 5.56. The van der Waals surface area contributed by atoms with E-state index >= 15 is 0 Å². The highest BCUT2D eigenvalue weighted by Crippen LogP contribution is 2.21. The van der Waals surface area contributed by atoms with E-state index in [-0.39, 0.29) is 35.8 Å². The number of aliphatic imine (C=N–C) groups is 1. The number of nitrogens with zero attached hydrogens (tertiary/aromatic N) is 5. The highest BCUT2D eigenvalue weighted by Gasteiger charge is 2.23. The summed E-state index contributed by atoms with van der Waals surface area (Å²) < 4.78 is 21.3. The van der Waals surface area contributed by atoms with Crippen LogP contribution in [-0.4, -0.2) is 72.1 Å². The number of benzene rings is 1. The number of rotatable bonds is 7. The molecule has 1 fully saturated rings. The van der Waals surface area contributed by atoms with E-state index < -0.39 is 0 Å². The van der Waals surface area contributed by atoms with E-state index in [2.05, 4.69) is 35.3 Å². The zero-order valence-electron chi connectivity index (χ0n) is 19.3. The van der Waals surface area contributed by atoms with E-state index in [1.807, 2.05) is 12.1 Å². The van der Waals surface area contributed by atoms with Crippen molar-refractivity contribution in [3.05, 3.63) is 47.3 Å². The summed E-state index contributed by atoms with van der Waals surface area (Å²) in [7, 11) is 1.78. The lowest BCUT2D eigenvalue weighted by molar-refractivity contribution is 0.0170. The van der Waals surface area contributed by atoms with Gasteiger partial charge in [-0.15, -0.1) is 34.2 Å². The molecule has 2 aliphatic heterocycles. The first kappa shape index (κ1) is 25.8. The number of aromatic nitrogens is 3. The highest BCUT2D eigenvalue weighted by molar-refractivity contribution is 14.0. The van der Waals surface area contributed by atoms with Crippen LogP contribution >= 0.6 is 24.0 Å². The van der Waals surface area contributed by atoms with Crippen molar-refractivity contribution in [3.8, 4) is 0 Å². The topological polar surface area (TPSA) is 79.6 Å². The summed E-state index contributed by atoms with van der Waals surface area (Å²) in [4.78, 5) is 6.76. The first-order valence-corrected chi connectivity index (χ1v) is 11.7. The summed E-state index contributed by atoms with van der Waals surface area (Å²) in [5.41, 5.74) is 1.09. The number of halogens is 2. The number of fused-ring (bicyclic) bond motifs is 1. The monoisotopic (exact) mass is 571 g/mol. The summed E-state index contributed by atoms with van der Waals surface area (Å²) in [6.07, 6.45) is 5.48. The molecular weight excluding hydrogens is 536 g/mol. The molecule has 33 heavy (non-hydrogen) atoms. The van der Waals surface area contributed by atoms with Crippen molar-refractivity contribution in [2.75, 3.05) is 46.4 Å². The van der Waals surface area contributed by atoms with Crippen LogP contribution in [0.1, 0.15) is 42.5 Å². The number of hydrogen-bond donors (Lipinski definition) is 2. The van der Waals surface area contributed by atoms with E-state index in [0.717, 1.165) is 62.2 Å². The second kappa shape index (κ2) is 13.2. The van der Waals surface area contributed by atoms with Gasteiger partial charge in [0.15, 0.2) is 5.96 Å². The van der Waals surface area contributed by atoms with Crippen molar-refractivity contribution in [1.82, 2.24) is 30.3 Å². The third-order valence-electron chi connectivity index (χ3n) is 6.25. The predicted octanol–water partition coefficient (Wildman–Crippen LogP) is 2.54. The third-order valence-corrected chi connectivity index (χ3v) is 6.25. The Balaban J connectivity index is 0.00000306. The van der Waals surface area contributed by atoms with Crippen LogP contribution in [0.2, 0.25) is 0 Å². The molecule has 1 saturated heterocycles. The van der Waals surface area contributed by atoms with Gasteiger partial charge in [-0.3, -0.25) is 9.89 Å². The van der Waals surface area contributed by atoms with Gasteiger partial charge in [-0.1, -0.05) is 18.6 Å². The summed E-state index contributed by atoms with van der Waals surface area (Å²) >= 11 is 0.